The lowest BCUT2D eigenvalue weighted by molar-refractivity contribution is -0.0583. The molecule has 1 fully saturated rings. The monoisotopic (exact) mass is 476 g/mol. The van der Waals surface area contributed by atoms with Gasteiger partial charge in [0, 0.05) is 11.1 Å². The summed E-state index contributed by atoms with van der Waals surface area (Å²) in [4.78, 5) is 24.1. The Morgan fingerprint density at radius 2 is 1.94 bits per heavy atom. The fourth-order valence-corrected chi connectivity index (χ4v) is 4.59. The number of nitrogens with one attached hydrogen (secondary N) is 2. The van der Waals surface area contributed by atoms with E-state index in [9.17, 15) is 23.1 Å². The molecule has 0 aliphatic heterocycles. The van der Waals surface area contributed by atoms with Crippen LogP contribution >= 0.6 is 0 Å². The molecule has 2 aromatic heterocycles. The van der Waals surface area contributed by atoms with Crippen LogP contribution < -0.4 is 10.9 Å². The maximum Gasteiger partial charge on any atom is 0.298 e. The van der Waals surface area contributed by atoms with Gasteiger partial charge in [-0.25, -0.2) is 14.4 Å². The van der Waals surface area contributed by atoms with Crippen LogP contribution in [0.2, 0.25) is 0 Å². The van der Waals surface area contributed by atoms with E-state index in [0.717, 1.165) is 25.3 Å². The second-order valence-electron chi connectivity index (χ2n) is 8.92. The maximum absolute atomic E-state index is 15.0. The van der Waals surface area contributed by atoms with Crippen molar-refractivity contribution in [3.05, 3.63) is 63.0 Å². The summed E-state index contributed by atoms with van der Waals surface area (Å²) in [5, 5.41) is 23.6. The van der Waals surface area contributed by atoms with Gasteiger partial charge in [-0.1, -0.05) is 31.4 Å². The zero-order chi connectivity index (χ0) is 24.7. The van der Waals surface area contributed by atoms with Gasteiger partial charge in [0.1, 0.15) is 29.7 Å². The summed E-state index contributed by atoms with van der Waals surface area (Å²) >= 11 is 0. The average molecular weight is 476 g/mol. The van der Waals surface area contributed by atoms with Crippen molar-refractivity contribution in [1.29, 1.82) is 0 Å². The van der Waals surface area contributed by atoms with E-state index in [1.165, 1.54) is 12.1 Å². The lowest BCUT2D eigenvalue weighted by Crippen LogP contribution is -2.35. The normalized spacial score (nSPS) is 17.0. The predicted octanol–water partition coefficient (Wildman–Crippen LogP) is 4.17. The third-order valence-electron chi connectivity index (χ3n) is 6.45. The van der Waals surface area contributed by atoms with Crippen LogP contribution in [-0.2, 0) is 11.5 Å². The summed E-state index contributed by atoms with van der Waals surface area (Å²) in [7, 11) is 0. The Morgan fingerprint density at radius 1 is 1.24 bits per heavy atom. The van der Waals surface area contributed by atoms with Gasteiger partial charge in [0.2, 0.25) is 0 Å². The third-order valence-corrected chi connectivity index (χ3v) is 6.45. The zero-order valence-corrected chi connectivity index (χ0v) is 19.0. The van der Waals surface area contributed by atoms with Crippen molar-refractivity contribution in [1.82, 2.24) is 15.0 Å². The van der Waals surface area contributed by atoms with Crippen LogP contribution in [0.5, 0.6) is 0 Å². The predicted molar refractivity (Wildman–Crippen MR) is 121 cm³/mol. The van der Waals surface area contributed by atoms with Gasteiger partial charge in [0.15, 0.2) is 0 Å². The van der Waals surface area contributed by atoms with Crippen molar-refractivity contribution in [3.63, 3.8) is 0 Å². The minimum Gasteiger partial charge on any atom is -0.390 e. The molecule has 1 aromatic carbocycles. The highest BCUT2D eigenvalue weighted by molar-refractivity contribution is 5.87. The van der Waals surface area contributed by atoms with Crippen LogP contribution in [0.1, 0.15) is 67.6 Å². The van der Waals surface area contributed by atoms with E-state index in [0.29, 0.717) is 24.1 Å². The molecule has 4 N–H and O–H groups in total. The Bertz CT molecular complexity index is 1270. The number of alkyl halides is 2. The molecule has 182 valence electrons. The summed E-state index contributed by atoms with van der Waals surface area (Å²) < 4.78 is 42.9. The highest BCUT2D eigenvalue weighted by atomic mass is 19.3. The zero-order valence-electron chi connectivity index (χ0n) is 19.0. The van der Waals surface area contributed by atoms with Crippen LogP contribution in [0.25, 0.3) is 11.0 Å². The van der Waals surface area contributed by atoms with Crippen LogP contribution in [-0.4, -0.2) is 31.8 Å². The van der Waals surface area contributed by atoms with Gasteiger partial charge >= 0.3 is 0 Å². The van der Waals surface area contributed by atoms with Gasteiger partial charge in [-0.3, -0.25) is 4.79 Å². The van der Waals surface area contributed by atoms with Crippen LogP contribution in [0.15, 0.2) is 29.1 Å². The number of aliphatic hydroxyl groups is 2. The molecular weight excluding hydrogens is 449 g/mol. The molecule has 34 heavy (non-hydrogen) atoms. The van der Waals surface area contributed by atoms with Crippen molar-refractivity contribution in [3.8, 4) is 0 Å². The fraction of sp³-hybridized carbons (Fsp3) is 0.458. The number of hydrogen-bond acceptors (Lipinski definition) is 6. The quantitative estimate of drug-likeness (QED) is 0.425. The molecule has 0 spiro atoms. The largest absolute Gasteiger partial charge is 0.390 e. The van der Waals surface area contributed by atoms with Crippen LogP contribution in [0, 0.1) is 12.7 Å². The Labute approximate surface area is 194 Å². The molecule has 1 atom stereocenters. The van der Waals surface area contributed by atoms with Crippen LogP contribution in [0.4, 0.5) is 19.0 Å². The molecule has 0 unspecified atom stereocenters. The van der Waals surface area contributed by atoms with E-state index >= 15 is 0 Å². The number of rotatable bonds is 6. The highest BCUT2D eigenvalue weighted by Crippen LogP contribution is 2.37. The Morgan fingerprint density at radius 3 is 2.62 bits per heavy atom. The highest BCUT2D eigenvalue weighted by Gasteiger charge is 2.36. The molecular formula is C24H27F3N4O3. The molecule has 10 heteroatoms. The van der Waals surface area contributed by atoms with Crippen molar-refractivity contribution in [2.24, 2.45) is 0 Å². The number of H-pyrrole nitrogens is 1. The van der Waals surface area contributed by atoms with E-state index in [4.69, 9.17) is 5.11 Å². The Kier molecular flexibility index (Phi) is 6.39. The summed E-state index contributed by atoms with van der Waals surface area (Å²) in [6.45, 7) is 1.70. The van der Waals surface area contributed by atoms with Crippen LogP contribution in [0.3, 0.4) is 0 Å². The van der Waals surface area contributed by atoms with Gasteiger partial charge in [-0.15, -0.1) is 0 Å². The first-order chi connectivity index (χ1) is 16.1. The molecule has 7 nitrogen and oxygen atoms in total. The molecule has 4 rings (SSSR count). The Hall–Kier alpha value is -2.98. The number of pyridine rings is 1. The molecule has 0 amide bonds. The third kappa shape index (κ3) is 4.39. The lowest BCUT2D eigenvalue weighted by Gasteiger charge is -2.31. The van der Waals surface area contributed by atoms with E-state index < -0.39 is 41.1 Å². The summed E-state index contributed by atoms with van der Waals surface area (Å²) in [6.07, 6.45) is 3.51. The van der Waals surface area contributed by atoms with Gasteiger partial charge in [0.25, 0.3) is 11.5 Å². The van der Waals surface area contributed by atoms with Gasteiger partial charge < -0.3 is 20.5 Å². The van der Waals surface area contributed by atoms with Gasteiger partial charge in [-0.2, -0.15) is 8.78 Å². The first kappa shape index (κ1) is 24.2. The number of hydrogen-bond donors (Lipinski definition) is 4. The van der Waals surface area contributed by atoms with Gasteiger partial charge in [-0.05, 0) is 38.8 Å². The number of benzene rings is 1. The molecule has 1 aliphatic rings. The van der Waals surface area contributed by atoms with E-state index in [2.05, 4.69) is 20.3 Å². The van der Waals surface area contributed by atoms with E-state index in [1.807, 2.05) is 0 Å². The van der Waals surface area contributed by atoms with Crippen molar-refractivity contribution < 1.29 is 23.4 Å². The molecule has 0 bridgehead atoms. The molecule has 3 aromatic rings. The number of nitrogens with zero attached hydrogens (tertiary/aromatic N) is 2. The number of aromatic nitrogens is 3. The van der Waals surface area contributed by atoms with E-state index in [-0.39, 0.29) is 22.6 Å². The Balaban J connectivity index is 1.77. The summed E-state index contributed by atoms with van der Waals surface area (Å²) in [6, 6.07) is 4.37. The maximum atomic E-state index is 15.0. The van der Waals surface area contributed by atoms with Crippen molar-refractivity contribution in [2.45, 2.75) is 63.5 Å². The lowest BCUT2D eigenvalue weighted by atomic mass is 9.80. The average Bonchev–Trinajstić information content (AvgIpc) is 2.78. The summed E-state index contributed by atoms with van der Waals surface area (Å²) in [5.74, 6) is -4.24. The first-order valence-corrected chi connectivity index (χ1v) is 11.2. The van der Waals surface area contributed by atoms with E-state index in [1.54, 1.807) is 19.9 Å². The number of anilines is 1. The molecule has 1 aliphatic carbocycles. The topological polar surface area (TPSA) is 111 Å². The number of aliphatic hydroxyl groups excluding tert-OH is 1. The number of aromatic amines is 1. The van der Waals surface area contributed by atoms with Crippen molar-refractivity contribution >= 4 is 16.9 Å². The molecule has 2 heterocycles. The minimum absolute atomic E-state index is 0.0365. The summed E-state index contributed by atoms with van der Waals surface area (Å²) in [5.41, 5.74) is -2.15. The number of fused-ring (bicyclic) bond motifs is 1. The molecule has 0 saturated heterocycles. The first-order valence-electron chi connectivity index (χ1n) is 11.2. The standard InChI is InChI=1S/C24H27F3N4O3/c1-13(15-7-6-8-17(19(15)25)24(26,27)12-32)28-20-16-11-18(23(34)9-4-3-5-10-23)22(33)31-21(16)30-14(2)29-20/h6-8,11,13,32,34H,3-5,9-10,12H2,1-2H3,(H2,28,29,30,31,33)/t13-/m1/s1. The molecule has 0 radical (unpaired) electrons. The fourth-order valence-electron chi connectivity index (χ4n) is 4.59. The number of aryl methyl sites for hydroxylation is 1. The number of halogens is 3. The second kappa shape index (κ2) is 8.99. The van der Waals surface area contributed by atoms with Crippen molar-refractivity contribution in [2.75, 3.05) is 11.9 Å². The smallest absolute Gasteiger partial charge is 0.298 e. The second-order valence-corrected chi connectivity index (χ2v) is 8.92. The SMILES string of the molecule is Cc1nc(N[C@H](C)c2cccc(C(F)(F)CO)c2F)c2cc(C3(O)CCCCC3)c(=O)[nH]c2n1. The molecule has 1 saturated carbocycles. The minimum atomic E-state index is -3.72. The van der Waals surface area contributed by atoms with Gasteiger partial charge in [0.05, 0.1) is 22.6 Å².